The van der Waals surface area contributed by atoms with Crippen molar-refractivity contribution in [1.29, 1.82) is 0 Å². The SMILES string of the molecule is CC1OC(OC2C3C=COC(OC4OC(CO)C(O)C(O)C4O)C3C3(COC(=O)C=Cc4ccc(O)cc4)OC23)C(O)C(O)C1O. The minimum absolute atomic E-state index is 0.0684. The maximum Gasteiger partial charge on any atom is 0.330 e. The highest BCUT2D eigenvalue weighted by atomic mass is 16.8. The van der Waals surface area contributed by atoms with E-state index in [0.29, 0.717) is 5.56 Å². The molecule has 1 saturated carbocycles. The van der Waals surface area contributed by atoms with Crippen molar-refractivity contribution in [3.8, 4) is 5.75 Å². The largest absolute Gasteiger partial charge is 0.508 e. The number of phenols is 1. The molecule has 4 fully saturated rings. The third-order valence-corrected chi connectivity index (χ3v) is 9.20. The van der Waals surface area contributed by atoms with Crippen molar-refractivity contribution in [2.45, 2.75) is 92.4 Å². The third kappa shape index (κ3) is 6.05. The molecule has 4 aliphatic heterocycles. The van der Waals surface area contributed by atoms with Crippen LogP contribution in [0.2, 0.25) is 0 Å². The molecule has 6 rings (SSSR count). The Kier molecular flexibility index (Phi) is 9.43. The molecule has 1 aliphatic carbocycles. The second kappa shape index (κ2) is 13.1. The minimum atomic E-state index is -1.73. The number of carbonyl (C=O) groups is 1. The average molecular weight is 655 g/mol. The standard InChI is InChI=1S/C30H38O16/c1-12-19(34)21(36)23(38)28(42-12)44-25-15-8-9-40-27(45-29-24(39)22(37)20(35)16(10-31)43-29)18(15)30(26(25)46-30)11-41-17(33)7-4-13-2-5-14(32)6-3-13/h2-9,12,15-16,18-29,31-32,34-39H,10-11H2,1H3. The lowest BCUT2D eigenvalue weighted by Gasteiger charge is -2.44. The molecular formula is C30H38O16. The van der Waals surface area contributed by atoms with Gasteiger partial charge in [0.15, 0.2) is 12.6 Å². The van der Waals surface area contributed by atoms with Crippen LogP contribution in [0.5, 0.6) is 5.75 Å². The Bertz CT molecular complexity index is 1290. The van der Waals surface area contributed by atoms with Gasteiger partial charge in [-0.15, -0.1) is 0 Å². The Morgan fingerprint density at radius 3 is 2.26 bits per heavy atom. The number of benzene rings is 1. The number of esters is 1. The van der Waals surface area contributed by atoms with Crippen LogP contribution >= 0.6 is 0 Å². The summed E-state index contributed by atoms with van der Waals surface area (Å²) in [6.07, 6.45) is -11.8. The Labute approximate surface area is 262 Å². The van der Waals surface area contributed by atoms with Gasteiger partial charge >= 0.3 is 5.97 Å². The van der Waals surface area contributed by atoms with Crippen LogP contribution in [0.15, 0.2) is 42.7 Å². The van der Waals surface area contributed by atoms with E-state index >= 15 is 0 Å². The van der Waals surface area contributed by atoms with Gasteiger partial charge in [-0.3, -0.25) is 0 Å². The van der Waals surface area contributed by atoms with Gasteiger partial charge in [-0.25, -0.2) is 4.79 Å². The van der Waals surface area contributed by atoms with Crippen LogP contribution < -0.4 is 0 Å². The van der Waals surface area contributed by atoms with Crippen LogP contribution in [0.3, 0.4) is 0 Å². The van der Waals surface area contributed by atoms with Gasteiger partial charge in [0.2, 0.25) is 6.29 Å². The summed E-state index contributed by atoms with van der Waals surface area (Å²) in [5.41, 5.74) is -0.640. The molecule has 1 aromatic rings. The quantitative estimate of drug-likeness (QED) is 0.0763. The van der Waals surface area contributed by atoms with Crippen molar-refractivity contribution in [3.05, 3.63) is 48.2 Å². The summed E-state index contributed by atoms with van der Waals surface area (Å²) < 4.78 is 40.7. The Hall–Kier alpha value is -2.71. The van der Waals surface area contributed by atoms with E-state index in [1.54, 1.807) is 18.2 Å². The highest BCUT2D eigenvalue weighted by molar-refractivity contribution is 5.87. The number of aliphatic hydroxyl groups is 7. The van der Waals surface area contributed by atoms with E-state index < -0.39 is 110 Å². The van der Waals surface area contributed by atoms with E-state index in [1.165, 1.54) is 37.5 Å². The second-order valence-corrected chi connectivity index (χ2v) is 12.1. The van der Waals surface area contributed by atoms with Crippen LogP contribution in [-0.4, -0.2) is 146 Å². The molecule has 5 aliphatic rings. The Morgan fingerprint density at radius 2 is 1.57 bits per heavy atom. The van der Waals surface area contributed by atoms with Gasteiger partial charge in [0.05, 0.1) is 31.0 Å². The first-order chi connectivity index (χ1) is 21.9. The fraction of sp³-hybridized carbons (Fsp3) is 0.633. The normalized spacial score (nSPS) is 46.4. The molecule has 0 spiro atoms. The number of aromatic hydroxyl groups is 1. The van der Waals surface area contributed by atoms with E-state index in [2.05, 4.69) is 0 Å². The summed E-state index contributed by atoms with van der Waals surface area (Å²) in [7, 11) is 0. The van der Waals surface area contributed by atoms with E-state index in [4.69, 9.17) is 33.2 Å². The van der Waals surface area contributed by atoms with Crippen molar-refractivity contribution in [3.63, 3.8) is 0 Å². The van der Waals surface area contributed by atoms with Gasteiger partial charge < -0.3 is 74.0 Å². The van der Waals surface area contributed by atoms with Crippen LogP contribution in [0.4, 0.5) is 0 Å². The zero-order valence-corrected chi connectivity index (χ0v) is 24.5. The van der Waals surface area contributed by atoms with Crippen molar-refractivity contribution < 1.29 is 78.8 Å². The summed E-state index contributed by atoms with van der Waals surface area (Å²) in [5.74, 6) is -2.04. The highest BCUT2D eigenvalue weighted by Gasteiger charge is 2.77. The van der Waals surface area contributed by atoms with Crippen molar-refractivity contribution in [2.24, 2.45) is 11.8 Å². The summed E-state index contributed by atoms with van der Waals surface area (Å²) in [6, 6.07) is 6.13. The lowest BCUT2D eigenvalue weighted by Crippen LogP contribution is -2.60. The van der Waals surface area contributed by atoms with E-state index in [0.717, 1.165) is 0 Å². The molecule has 3 saturated heterocycles. The van der Waals surface area contributed by atoms with Crippen molar-refractivity contribution in [2.75, 3.05) is 13.2 Å². The van der Waals surface area contributed by atoms with Gasteiger partial charge in [0, 0.05) is 12.0 Å². The predicted octanol–water partition coefficient (Wildman–Crippen LogP) is -2.77. The fourth-order valence-corrected chi connectivity index (χ4v) is 6.55. The minimum Gasteiger partial charge on any atom is -0.508 e. The van der Waals surface area contributed by atoms with Gasteiger partial charge in [0.1, 0.15) is 66.8 Å². The van der Waals surface area contributed by atoms with Gasteiger partial charge in [-0.2, -0.15) is 0 Å². The van der Waals surface area contributed by atoms with Crippen molar-refractivity contribution >= 4 is 12.0 Å². The van der Waals surface area contributed by atoms with Crippen LogP contribution in [-0.2, 0) is 38.0 Å². The number of rotatable bonds is 9. The van der Waals surface area contributed by atoms with E-state index in [9.17, 15) is 45.6 Å². The number of epoxide rings is 1. The number of fused-ring (bicyclic) bond motifs is 3. The molecule has 4 heterocycles. The topological polar surface area (TPSA) is 247 Å². The van der Waals surface area contributed by atoms with Crippen LogP contribution in [0.25, 0.3) is 6.08 Å². The molecule has 46 heavy (non-hydrogen) atoms. The maximum atomic E-state index is 12.7. The third-order valence-electron chi connectivity index (χ3n) is 9.20. The second-order valence-electron chi connectivity index (χ2n) is 12.1. The zero-order chi connectivity index (χ0) is 32.9. The Balaban J connectivity index is 1.22. The summed E-state index contributed by atoms with van der Waals surface area (Å²) in [4.78, 5) is 12.7. The van der Waals surface area contributed by atoms with Crippen LogP contribution in [0.1, 0.15) is 12.5 Å². The monoisotopic (exact) mass is 654 g/mol. The molecule has 16 unspecified atom stereocenters. The van der Waals surface area contributed by atoms with Crippen molar-refractivity contribution in [1.82, 2.24) is 0 Å². The molecule has 1 aromatic carbocycles. The first-order valence-electron chi connectivity index (χ1n) is 14.9. The molecule has 0 aromatic heterocycles. The maximum absolute atomic E-state index is 12.7. The van der Waals surface area contributed by atoms with E-state index in [1.807, 2.05) is 0 Å². The first-order valence-corrected chi connectivity index (χ1v) is 14.9. The van der Waals surface area contributed by atoms with E-state index in [-0.39, 0.29) is 12.4 Å². The summed E-state index contributed by atoms with van der Waals surface area (Å²) >= 11 is 0. The molecule has 16 heteroatoms. The smallest absolute Gasteiger partial charge is 0.330 e. The number of ether oxygens (including phenoxy) is 7. The number of hydrogen-bond donors (Lipinski definition) is 8. The lowest BCUT2D eigenvalue weighted by molar-refractivity contribution is -0.347. The molecule has 16 nitrogen and oxygen atoms in total. The summed E-state index contributed by atoms with van der Waals surface area (Å²) in [6.45, 7) is 0.522. The molecule has 16 atom stereocenters. The highest BCUT2D eigenvalue weighted by Crippen LogP contribution is 2.61. The Morgan fingerprint density at radius 1 is 0.891 bits per heavy atom. The molecule has 0 bridgehead atoms. The average Bonchev–Trinajstić information content (AvgIpc) is 3.72. The number of aliphatic hydroxyl groups excluding tert-OH is 7. The number of carbonyl (C=O) groups excluding carboxylic acids is 1. The van der Waals surface area contributed by atoms with Crippen LogP contribution in [0, 0.1) is 11.8 Å². The number of hydrogen-bond acceptors (Lipinski definition) is 16. The fourth-order valence-electron chi connectivity index (χ4n) is 6.55. The molecule has 8 N–H and O–H groups in total. The number of phenolic OH excluding ortho intramolecular Hbond substituents is 1. The van der Waals surface area contributed by atoms with Gasteiger partial charge in [-0.1, -0.05) is 12.1 Å². The predicted molar refractivity (Wildman–Crippen MR) is 149 cm³/mol. The van der Waals surface area contributed by atoms with Gasteiger partial charge in [-0.05, 0) is 36.8 Å². The molecule has 254 valence electrons. The molecule has 0 amide bonds. The first kappa shape index (κ1) is 33.2. The van der Waals surface area contributed by atoms with Gasteiger partial charge in [0.25, 0.3) is 0 Å². The zero-order valence-electron chi connectivity index (χ0n) is 24.5. The lowest BCUT2D eigenvalue weighted by atomic mass is 9.85. The molecule has 0 radical (unpaired) electrons. The summed E-state index contributed by atoms with van der Waals surface area (Å²) in [5, 5.41) is 81.2. The molecular weight excluding hydrogens is 616 g/mol.